The maximum Gasteiger partial charge on any atom is 1.00 e. The summed E-state index contributed by atoms with van der Waals surface area (Å²) < 4.78 is 27.2. The van der Waals surface area contributed by atoms with Crippen LogP contribution in [0.15, 0.2) is 29.2 Å². The van der Waals surface area contributed by atoms with Crippen molar-refractivity contribution in [3.63, 3.8) is 0 Å². The van der Waals surface area contributed by atoms with Gasteiger partial charge in [0.1, 0.15) is 11.4 Å². The van der Waals surface area contributed by atoms with Crippen LogP contribution in [0.3, 0.4) is 0 Å². The second kappa shape index (κ2) is 4.76. The minimum atomic E-state index is -2.19. The summed E-state index contributed by atoms with van der Waals surface area (Å²) in [4.78, 5) is 0.279. The van der Waals surface area contributed by atoms with Gasteiger partial charge in [0.25, 0.3) is 0 Å². The van der Waals surface area contributed by atoms with Gasteiger partial charge in [0.05, 0.1) is 0 Å². The monoisotopic (exact) mass is 230 g/mol. The van der Waals surface area contributed by atoms with E-state index in [1.807, 2.05) is 26.0 Å². The molecule has 16 heavy (non-hydrogen) atoms. The van der Waals surface area contributed by atoms with Crippen molar-refractivity contribution in [3.8, 4) is 5.75 Å². The summed E-state index contributed by atoms with van der Waals surface area (Å²) in [6.07, 6.45) is 3.79. The average Bonchev–Trinajstić information content (AvgIpc) is 2.15. The minimum absolute atomic E-state index is 0. The summed E-state index contributed by atoms with van der Waals surface area (Å²) in [6, 6.07) is 4.83. The van der Waals surface area contributed by atoms with E-state index in [0.717, 1.165) is 11.3 Å². The number of ether oxygens (including phenoxy) is 1. The first kappa shape index (κ1) is 13.5. The Bertz CT molecular complexity index is 455. The van der Waals surface area contributed by atoms with Crippen LogP contribution in [0.2, 0.25) is 0 Å². The molecule has 0 N–H and O–H groups in total. The van der Waals surface area contributed by atoms with Crippen molar-refractivity contribution in [3.05, 3.63) is 29.8 Å². The number of hydrogen-bond donors (Lipinski definition) is 0. The van der Waals surface area contributed by atoms with E-state index >= 15 is 0 Å². The molecule has 1 unspecified atom stereocenters. The third-order valence-electron chi connectivity index (χ3n) is 2.21. The number of benzene rings is 1. The van der Waals surface area contributed by atoms with Crippen LogP contribution in [0.4, 0.5) is 0 Å². The Morgan fingerprint density at radius 2 is 2.06 bits per heavy atom. The van der Waals surface area contributed by atoms with Gasteiger partial charge in [0.2, 0.25) is 0 Å². The number of fused-ring (bicyclic) bond motifs is 1. The van der Waals surface area contributed by atoms with Gasteiger partial charge in [-0.05, 0) is 49.2 Å². The molecular weight excluding hydrogens is 219 g/mol. The molecule has 0 saturated carbocycles. The maximum absolute atomic E-state index is 10.7. The zero-order chi connectivity index (χ0) is 11.1. The molecule has 0 radical (unpaired) electrons. The molecule has 80 valence electrons. The molecule has 2 rings (SSSR count). The fourth-order valence-corrected chi connectivity index (χ4v) is 1.86. The summed E-state index contributed by atoms with van der Waals surface area (Å²) in [5.74, 6) is 0.719. The van der Waals surface area contributed by atoms with E-state index in [1.54, 1.807) is 12.1 Å². The number of rotatable bonds is 1. The standard InChI is InChI=1S/C11H12O3S.Li/c1-11(2)6-5-8-7-9(15(12)13)3-4-10(8)14-11;/h3-7H,1-2H3,(H,12,13);/q;+1/p-1. The Balaban J connectivity index is 0.00000128. The van der Waals surface area contributed by atoms with Gasteiger partial charge in [-0.15, -0.1) is 0 Å². The van der Waals surface area contributed by atoms with E-state index in [-0.39, 0.29) is 29.4 Å². The van der Waals surface area contributed by atoms with Gasteiger partial charge >= 0.3 is 18.9 Å². The summed E-state index contributed by atoms with van der Waals surface area (Å²) in [5, 5.41) is 0. The first-order chi connectivity index (χ1) is 6.98. The molecule has 0 aliphatic carbocycles. The van der Waals surface area contributed by atoms with E-state index in [0.29, 0.717) is 0 Å². The van der Waals surface area contributed by atoms with Gasteiger partial charge in [-0.25, -0.2) is 0 Å². The van der Waals surface area contributed by atoms with Crippen LogP contribution in [0, 0.1) is 0 Å². The van der Waals surface area contributed by atoms with Crippen LogP contribution in [0.1, 0.15) is 19.4 Å². The summed E-state index contributed by atoms with van der Waals surface area (Å²) >= 11 is -2.19. The zero-order valence-electron chi connectivity index (χ0n) is 9.52. The Labute approximate surface area is 109 Å². The van der Waals surface area contributed by atoms with E-state index in [2.05, 4.69) is 0 Å². The summed E-state index contributed by atoms with van der Waals surface area (Å²) in [6.45, 7) is 3.90. The van der Waals surface area contributed by atoms with E-state index < -0.39 is 11.1 Å². The molecule has 1 aliphatic heterocycles. The van der Waals surface area contributed by atoms with Crippen molar-refractivity contribution in [2.45, 2.75) is 24.3 Å². The molecular formula is C11H11LiO3S. The van der Waals surface area contributed by atoms with Crippen molar-refractivity contribution in [2.75, 3.05) is 0 Å². The van der Waals surface area contributed by atoms with Gasteiger partial charge in [-0.2, -0.15) is 0 Å². The van der Waals surface area contributed by atoms with Crippen molar-refractivity contribution < 1.29 is 32.4 Å². The van der Waals surface area contributed by atoms with E-state index in [1.165, 1.54) is 6.07 Å². The van der Waals surface area contributed by atoms with Crippen LogP contribution < -0.4 is 23.6 Å². The third kappa shape index (κ3) is 2.77. The first-order valence-electron chi connectivity index (χ1n) is 4.59. The van der Waals surface area contributed by atoms with Crippen molar-refractivity contribution >= 4 is 17.2 Å². The molecule has 0 saturated heterocycles. The average molecular weight is 230 g/mol. The van der Waals surface area contributed by atoms with Crippen molar-refractivity contribution in [1.82, 2.24) is 0 Å². The Kier molecular flexibility index (Phi) is 4.03. The Morgan fingerprint density at radius 1 is 1.38 bits per heavy atom. The van der Waals surface area contributed by atoms with Gasteiger partial charge in [0, 0.05) is 10.5 Å². The minimum Gasteiger partial charge on any atom is -0.768 e. The predicted octanol–water partition coefficient (Wildman–Crippen LogP) is -0.887. The summed E-state index contributed by atoms with van der Waals surface area (Å²) in [7, 11) is 0. The van der Waals surface area contributed by atoms with E-state index in [4.69, 9.17) is 4.74 Å². The third-order valence-corrected chi connectivity index (χ3v) is 2.85. The van der Waals surface area contributed by atoms with Gasteiger partial charge in [0.15, 0.2) is 0 Å². The second-order valence-corrected chi connectivity index (χ2v) is 4.91. The molecule has 1 aromatic rings. The van der Waals surface area contributed by atoms with Crippen molar-refractivity contribution in [1.29, 1.82) is 0 Å². The Morgan fingerprint density at radius 3 is 2.69 bits per heavy atom. The van der Waals surface area contributed by atoms with Crippen LogP contribution >= 0.6 is 0 Å². The molecule has 0 amide bonds. The molecule has 0 spiro atoms. The topological polar surface area (TPSA) is 49.4 Å². The molecule has 5 heteroatoms. The van der Waals surface area contributed by atoms with E-state index in [9.17, 15) is 8.76 Å². The fraction of sp³-hybridized carbons (Fsp3) is 0.273. The van der Waals surface area contributed by atoms with Gasteiger partial charge < -0.3 is 9.29 Å². The van der Waals surface area contributed by atoms with Crippen LogP contribution in [0.25, 0.3) is 6.08 Å². The first-order valence-corrected chi connectivity index (χ1v) is 5.67. The van der Waals surface area contributed by atoms with Crippen LogP contribution in [0.5, 0.6) is 5.75 Å². The van der Waals surface area contributed by atoms with Gasteiger partial charge in [-0.1, -0.05) is 6.08 Å². The molecule has 1 atom stereocenters. The smallest absolute Gasteiger partial charge is 0.768 e. The van der Waals surface area contributed by atoms with Gasteiger partial charge in [-0.3, -0.25) is 4.21 Å². The van der Waals surface area contributed by atoms with Crippen LogP contribution in [-0.2, 0) is 11.1 Å². The second-order valence-electron chi connectivity index (χ2n) is 3.97. The SMILES string of the molecule is CC1(C)C=Cc2cc(S(=O)[O-])ccc2O1.[Li+]. The fourth-order valence-electron chi connectivity index (χ4n) is 1.46. The predicted molar refractivity (Wildman–Crippen MR) is 57.4 cm³/mol. The maximum atomic E-state index is 10.7. The van der Waals surface area contributed by atoms with Crippen molar-refractivity contribution in [2.24, 2.45) is 0 Å². The quantitative estimate of drug-likeness (QED) is 0.464. The largest absolute Gasteiger partial charge is 1.00 e. The normalized spacial score (nSPS) is 17.9. The molecule has 3 nitrogen and oxygen atoms in total. The molecule has 0 bridgehead atoms. The molecule has 1 heterocycles. The molecule has 1 aromatic carbocycles. The Hall–Kier alpha value is -0.533. The summed E-state index contributed by atoms with van der Waals surface area (Å²) in [5.41, 5.74) is 0.474. The molecule has 1 aliphatic rings. The number of hydrogen-bond acceptors (Lipinski definition) is 3. The zero-order valence-corrected chi connectivity index (χ0v) is 10.3. The van der Waals surface area contributed by atoms with Crippen LogP contribution in [-0.4, -0.2) is 14.4 Å². The molecule has 0 fully saturated rings. The molecule has 0 aromatic heterocycles.